The fourth-order valence-electron chi connectivity index (χ4n) is 2.89. The van der Waals surface area contributed by atoms with Gasteiger partial charge in [0.1, 0.15) is 5.75 Å². The molecule has 0 spiro atoms. The molecule has 3 aromatic carbocycles. The average molecular weight is 391 g/mol. The third kappa shape index (κ3) is 3.57. The highest BCUT2D eigenvalue weighted by Gasteiger charge is 2.18. The summed E-state index contributed by atoms with van der Waals surface area (Å²) in [5.41, 5.74) is 2.39. The minimum Gasteiger partial charge on any atom is -0.405 e. The molecule has 0 aliphatic rings. The largest absolute Gasteiger partial charge is 0.405 e. The summed E-state index contributed by atoms with van der Waals surface area (Å²) in [6.45, 7) is 0.758. The van der Waals surface area contributed by atoms with Gasteiger partial charge in [-0.3, -0.25) is 0 Å². The number of pyridine rings is 1. The van der Waals surface area contributed by atoms with E-state index in [9.17, 15) is 0 Å². The van der Waals surface area contributed by atoms with Crippen molar-refractivity contribution in [3.63, 3.8) is 0 Å². The molecule has 1 aromatic heterocycles. The van der Waals surface area contributed by atoms with Gasteiger partial charge in [0.15, 0.2) is 6.54 Å². The third-order valence-corrected chi connectivity index (χ3v) is 4.65. The van der Waals surface area contributed by atoms with E-state index in [1.807, 2.05) is 36.4 Å². The Hall–Kier alpha value is -2.65. The lowest BCUT2D eigenvalue weighted by molar-refractivity contribution is -0.666. The van der Waals surface area contributed by atoms with Gasteiger partial charge < -0.3 is 4.74 Å². The van der Waals surface area contributed by atoms with Crippen molar-refractivity contribution in [1.29, 1.82) is 0 Å². The molecule has 0 amide bonds. The molecule has 0 saturated heterocycles. The van der Waals surface area contributed by atoms with Crippen LogP contribution in [-0.4, -0.2) is 0 Å². The van der Waals surface area contributed by atoms with Crippen LogP contribution in [0.1, 0.15) is 5.56 Å². The summed E-state index contributed by atoms with van der Waals surface area (Å²) in [6, 6.07) is 30.9. The molecule has 1 heterocycles. The highest BCUT2D eigenvalue weighted by Crippen LogP contribution is 2.23. The van der Waals surface area contributed by atoms with Crippen LogP contribution in [0.25, 0.3) is 10.9 Å². The van der Waals surface area contributed by atoms with Crippen LogP contribution in [0.2, 0.25) is 0 Å². The van der Waals surface area contributed by atoms with Gasteiger partial charge in [-0.2, -0.15) is 4.57 Å². The van der Waals surface area contributed by atoms with Crippen molar-refractivity contribution in [2.45, 2.75) is 6.54 Å². The maximum absolute atomic E-state index is 6.19. The van der Waals surface area contributed by atoms with Crippen molar-refractivity contribution in [1.82, 2.24) is 0 Å². The van der Waals surface area contributed by atoms with E-state index >= 15 is 0 Å². The first-order chi connectivity index (χ1) is 12.3. The number of hydrogen-bond donors (Lipinski definition) is 0. The van der Waals surface area contributed by atoms with E-state index in [0.717, 1.165) is 28.2 Å². The summed E-state index contributed by atoms with van der Waals surface area (Å²) in [5, 5.41) is 1.20. The van der Waals surface area contributed by atoms with Gasteiger partial charge in [-0.05, 0) is 36.4 Å². The van der Waals surface area contributed by atoms with Crippen LogP contribution in [0.3, 0.4) is 0 Å². The number of rotatable bonds is 4. The highest BCUT2D eigenvalue weighted by atomic mass is 79.9. The lowest BCUT2D eigenvalue weighted by Gasteiger charge is -2.09. The number of fused-ring (bicyclic) bond motifs is 1. The Bertz CT molecular complexity index is 997. The summed E-state index contributed by atoms with van der Waals surface area (Å²) in [5.74, 6) is 1.64. The molecule has 0 bridgehead atoms. The summed E-state index contributed by atoms with van der Waals surface area (Å²) < 4.78 is 9.44. The van der Waals surface area contributed by atoms with Gasteiger partial charge in [0.25, 0.3) is 0 Å². The van der Waals surface area contributed by atoms with Crippen LogP contribution < -0.4 is 9.30 Å². The number of ether oxygens (including phenoxy) is 1. The van der Waals surface area contributed by atoms with Gasteiger partial charge in [-0.1, -0.05) is 58.4 Å². The standard InChI is InChI=1S/C22H17BrNO/c23-19-11-13-20(14-12-19)25-22-15-10-18-8-4-5-9-21(18)24(22)16-17-6-2-1-3-7-17/h1-15H,16H2/q+1. The van der Waals surface area contributed by atoms with Gasteiger partial charge >= 0.3 is 5.88 Å². The predicted molar refractivity (Wildman–Crippen MR) is 104 cm³/mol. The normalized spacial score (nSPS) is 10.8. The number of hydrogen-bond acceptors (Lipinski definition) is 1. The maximum Gasteiger partial charge on any atom is 0.374 e. The summed E-state index contributed by atoms with van der Waals surface area (Å²) >= 11 is 3.46. The summed E-state index contributed by atoms with van der Waals surface area (Å²) in [7, 11) is 0. The zero-order chi connectivity index (χ0) is 17.1. The van der Waals surface area contributed by atoms with E-state index in [4.69, 9.17) is 4.74 Å². The van der Waals surface area contributed by atoms with Crippen molar-refractivity contribution < 1.29 is 9.30 Å². The van der Waals surface area contributed by atoms with Crippen molar-refractivity contribution in [2.75, 3.05) is 0 Å². The van der Waals surface area contributed by atoms with Crippen LogP contribution in [0.5, 0.6) is 11.6 Å². The molecule has 0 saturated carbocycles. The van der Waals surface area contributed by atoms with E-state index in [1.54, 1.807) is 0 Å². The summed E-state index contributed by atoms with van der Waals surface area (Å²) in [6.07, 6.45) is 0. The summed E-state index contributed by atoms with van der Waals surface area (Å²) in [4.78, 5) is 0. The molecule has 4 rings (SSSR count). The Morgan fingerprint density at radius 3 is 2.24 bits per heavy atom. The van der Waals surface area contributed by atoms with E-state index in [-0.39, 0.29) is 0 Å². The van der Waals surface area contributed by atoms with E-state index in [1.165, 1.54) is 10.9 Å². The number of aromatic nitrogens is 1. The van der Waals surface area contributed by atoms with Crippen molar-refractivity contribution >= 4 is 26.8 Å². The molecule has 0 fully saturated rings. The van der Waals surface area contributed by atoms with Crippen molar-refractivity contribution in [2.24, 2.45) is 0 Å². The fraction of sp³-hybridized carbons (Fsp3) is 0.0455. The van der Waals surface area contributed by atoms with Crippen molar-refractivity contribution in [3.05, 3.63) is 101 Å². The van der Waals surface area contributed by atoms with Crippen LogP contribution in [0, 0.1) is 0 Å². The van der Waals surface area contributed by atoms with E-state index in [2.05, 4.69) is 75.1 Å². The molecule has 25 heavy (non-hydrogen) atoms. The van der Waals surface area contributed by atoms with Crippen molar-refractivity contribution in [3.8, 4) is 11.6 Å². The minimum atomic E-state index is 0.758. The topological polar surface area (TPSA) is 13.1 Å². The van der Waals surface area contributed by atoms with Crippen LogP contribution in [0.15, 0.2) is 95.5 Å². The van der Waals surface area contributed by atoms with Gasteiger partial charge in [0, 0.05) is 21.5 Å². The second-order valence-electron chi connectivity index (χ2n) is 5.86. The Labute approximate surface area is 155 Å². The first-order valence-electron chi connectivity index (χ1n) is 8.18. The Morgan fingerprint density at radius 2 is 1.44 bits per heavy atom. The molecule has 122 valence electrons. The Morgan fingerprint density at radius 1 is 0.720 bits per heavy atom. The maximum atomic E-state index is 6.19. The quantitative estimate of drug-likeness (QED) is 0.405. The first-order valence-corrected chi connectivity index (χ1v) is 8.98. The van der Waals surface area contributed by atoms with Gasteiger partial charge in [0.2, 0.25) is 5.52 Å². The molecule has 0 aliphatic carbocycles. The van der Waals surface area contributed by atoms with Gasteiger partial charge in [-0.25, -0.2) is 0 Å². The molecule has 0 N–H and O–H groups in total. The first kappa shape index (κ1) is 15.9. The van der Waals surface area contributed by atoms with E-state index < -0.39 is 0 Å². The monoisotopic (exact) mass is 390 g/mol. The fourth-order valence-corrected chi connectivity index (χ4v) is 3.15. The molecule has 0 aliphatic heterocycles. The van der Waals surface area contributed by atoms with Crippen LogP contribution in [0.4, 0.5) is 0 Å². The predicted octanol–water partition coefficient (Wildman–Crippen LogP) is 5.73. The third-order valence-electron chi connectivity index (χ3n) is 4.12. The Kier molecular flexibility index (Phi) is 4.49. The molecular weight excluding hydrogens is 374 g/mol. The van der Waals surface area contributed by atoms with E-state index in [0.29, 0.717) is 0 Å². The molecule has 2 nitrogen and oxygen atoms in total. The average Bonchev–Trinajstić information content (AvgIpc) is 2.66. The second-order valence-corrected chi connectivity index (χ2v) is 6.77. The minimum absolute atomic E-state index is 0.758. The number of para-hydroxylation sites is 1. The van der Waals surface area contributed by atoms with Crippen LogP contribution >= 0.6 is 15.9 Å². The van der Waals surface area contributed by atoms with Gasteiger partial charge in [-0.15, -0.1) is 0 Å². The Balaban J connectivity index is 1.79. The smallest absolute Gasteiger partial charge is 0.374 e. The second kappa shape index (κ2) is 7.08. The molecule has 0 unspecified atom stereocenters. The number of halogens is 1. The lowest BCUT2D eigenvalue weighted by atomic mass is 10.2. The molecular formula is C22H17BrNO+. The molecule has 0 atom stereocenters. The molecule has 0 radical (unpaired) electrons. The SMILES string of the molecule is Brc1ccc(Oc2ccc3ccccc3[n+]2Cc2ccccc2)cc1. The highest BCUT2D eigenvalue weighted by molar-refractivity contribution is 9.10. The van der Waals surface area contributed by atoms with Crippen LogP contribution in [-0.2, 0) is 6.54 Å². The zero-order valence-corrected chi connectivity index (χ0v) is 15.2. The van der Waals surface area contributed by atoms with Gasteiger partial charge in [0.05, 0.1) is 6.07 Å². The molecule has 4 aromatic rings. The number of nitrogens with zero attached hydrogens (tertiary/aromatic N) is 1. The number of benzene rings is 3. The lowest BCUT2D eigenvalue weighted by Crippen LogP contribution is -2.36. The molecule has 3 heteroatoms. The zero-order valence-electron chi connectivity index (χ0n) is 13.6.